The highest BCUT2D eigenvalue weighted by molar-refractivity contribution is 7.98. The third-order valence-corrected chi connectivity index (χ3v) is 1.17. The van der Waals surface area contributed by atoms with E-state index in [0.717, 1.165) is 19.0 Å². The predicted octanol–water partition coefficient (Wildman–Crippen LogP) is 2.10. The standard InChI is InChI=1S/C7H13OS/c1-3-4-5-6-8-7-9-2/h3,5H,1,4,6-7H2,2H3. The molecule has 0 rings (SSSR count). The van der Waals surface area contributed by atoms with Gasteiger partial charge in [-0.25, -0.2) is 0 Å². The average Bonchev–Trinajstić information content (AvgIpc) is 1.89. The van der Waals surface area contributed by atoms with Crippen molar-refractivity contribution in [3.8, 4) is 0 Å². The minimum Gasteiger partial charge on any atom is -0.371 e. The normalized spacial score (nSPS) is 9.44. The summed E-state index contributed by atoms with van der Waals surface area (Å²) in [6.07, 6.45) is 6.88. The number of rotatable bonds is 6. The summed E-state index contributed by atoms with van der Waals surface area (Å²) in [5, 5.41) is 0. The molecule has 0 aromatic carbocycles. The molecule has 0 saturated heterocycles. The quantitative estimate of drug-likeness (QED) is 0.321. The van der Waals surface area contributed by atoms with E-state index < -0.39 is 0 Å². The first-order valence-electron chi connectivity index (χ1n) is 2.91. The van der Waals surface area contributed by atoms with Gasteiger partial charge in [-0.1, -0.05) is 6.08 Å². The van der Waals surface area contributed by atoms with E-state index in [1.54, 1.807) is 11.8 Å². The van der Waals surface area contributed by atoms with Crippen molar-refractivity contribution in [2.24, 2.45) is 0 Å². The lowest BCUT2D eigenvalue weighted by Gasteiger charge is -1.97. The zero-order chi connectivity index (χ0) is 6.95. The Kier molecular flexibility index (Phi) is 8.09. The molecule has 0 aliphatic rings. The first-order chi connectivity index (χ1) is 4.41. The highest BCUT2D eigenvalue weighted by atomic mass is 32.2. The Morgan fingerprint density at radius 3 is 3.00 bits per heavy atom. The van der Waals surface area contributed by atoms with Crippen LogP contribution in [0.4, 0.5) is 0 Å². The van der Waals surface area contributed by atoms with E-state index in [1.807, 2.05) is 12.3 Å². The fourth-order valence-electron chi connectivity index (χ4n) is 0.401. The molecule has 0 N–H and O–H groups in total. The molecular weight excluding hydrogens is 132 g/mol. The van der Waals surface area contributed by atoms with Gasteiger partial charge in [0.2, 0.25) is 0 Å². The Balaban J connectivity index is 2.66. The number of unbranched alkanes of at least 4 members (excludes halogenated alkanes) is 1. The van der Waals surface area contributed by atoms with Gasteiger partial charge in [-0.05, 0) is 19.1 Å². The van der Waals surface area contributed by atoms with Gasteiger partial charge < -0.3 is 4.74 Å². The Morgan fingerprint density at radius 1 is 1.67 bits per heavy atom. The van der Waals surface area contributed by atoms with Crippen LogP contribution in [-0.2, 0) is 4.74 Å². The van der Waals surface area contributed by atoms with Crippen LogP contribution in [0.3, 0.4) is 0 Å². The first-order valence-corrected chi connectivity index (χ1v) is 4.30. The zero-order valence-corrected chi connectivity index (χ0v) is 6.62. The van der Waals surface area contributed by atoms with Crippen molar-refractivity contribution in [2.75, 3.05) is 18.8 Å². The molecule has 0 bridgehead atoms. The largest absolute Gasteiger partial charge is 0.371 e. The summed E-state index contributed by atoms with van der Waals surface area (Å²) in [6.45, 7) is 4.33. The van der Waals surface area contributed by atoms with Crippen LogP contribution in [0.25, 0.3) is 0 Å². The Labute approximate surface area is 61.5 Å². The minimum absolute atomic E-state index is 0.743. The second-order valence-electron chi connectivity index (χ2n) is 1.59. The van der Waals surface area contributed by atoms with Crippen molar-refractivity contribution in [3.63, 3.8) is 0 Å². The number of allylic oxidation sites excluding steroid dienone is 1. The summed E-state index contributed by atoms with van der Waals surface area (Å²) in [5.41, 5.74) is 0. The fraction of sp³-hybridized carbons (Fsp3) is 0.571. The van der Waals surface area contributed by atoms with E-state index in [-0.39, 0.29) is 0 Å². The molecule has 2 heteroatoms. The van der Waals surface area contributed by atoms with E-state index in [4.69, 9.17) is 4.74 Å². The lowest BCUT2D eigenvalue weighted by molar-refractivity contribution is 0.205. The maximum Gasteiger partial charge on any atom is 0.0918 e. The summed E-state index contributed by atoms with van der Waals surface area (Å²) in [6, 6.07) is 0. The number of hydrogen-bond acceptors (Lipinski definition) is 2. The van der Waals surface area contributed by atoms with Gasteiger partial charge in [0.15, 0.2) is 0 Å². The van der Waals surface area contributed by atoms with Crippen molar-refractivity contribution in [2.45, 2.75) is 6.42 Å². The molecule has 0 unspecified atom stereocenters. The SMILES string of the molecule is C=CC[CH]COCSC. The van der Waals surface area contributed by atoms with Crippen molar-refractivity contribution in [1.29, 1.82) is 0 Å². The molecular formula is C7H13OS. The first kappa shape index (κ1) is 9.05. The maximum absolute atomic E-state index is 5.14. The molecule has 53 valence electrons. The van der Waals surface area contributed by atoms with Crippen LogP contribution >= 0.6 is 11.8 Å². The highest BCUT2D eigenvalue weighted by Gasteiger charge is 1.83. The van der Waals surface area contributed by atoms with Crippen LogP contribution in [0.2, 0.25) is 0 Å². The Morgan fingerprint density at radius 2 is 2.44 bits per heavy atom. The van der Waals surface area contributed by atoms with Gasteiger partial charge in [-0.2, -0.15) is 0 Å². The smallest absolute Gasteiger partial charge is 0.0918 e. The zero-order valence-electron chi connectivity index (χ0n) is 5.80. The molecule has 0 aliphatic heterocycles. The van der Waals surface area contributed by atoms with Gasteiger partial charge in [-0.15, -0.1) is 18.3 Å². The van der Waals surface area contributed by atoms with Crippen LogP contribution in [-0.4, -0.2) is 18.8 Å². The molecule has 0 aliphatic carbocycles. The molecule has 0 fully saturated rings. The van der Waals surface area contributed by atoms with Crippen LogP contribution < -0.4 is 0 Å². The van der Waals surface area contributed by atoms with Gasteiger partial charge in [0, 0.05) is 0 Å². The Hall–Kier alpha value is 0.0500. The van der Waals surface area contributed by atoms with Crippen molar-refractivity contribution >= 4 is 11.8 Å². The van der Waals surface area contributed by atoms with Gasteiger partial charge in [0.05, 0.1) is 12.5 Å². The molecule has 0 aromatic rings. The predicted molar refractivity (Wildman–Crippen MR) is 43.4 cm³/mol. The number of ether oxygens (including phenoxy) is 1. The maximum atomic E-state index is 5.14. The molecule has 0 amide bonds. The molecule has 0 saturated carbocycles. The molecule has 0 spiro atoms. The molecule has 0 heterocycles. The number of thioether (sulfide) groups is 1. The molecule has 1 radical (unpaired) electrons. The lowest BCUT2D eigenvalue weighted by Crippen LogP contribution is -1.92. The molecule has 0 atom stereocenters. The lowest BCUT2D eigenvalue weighted by atomic mass is 10.3. The van der Waals surface area contributed by atoms with Crippen LogP contribution in [0, 0.1) is 6.42 Å². The second kappa shape index (κ2) is 8.05. The van der Waals surface area contributed by atoms with Crippen LogP contribution in [0.5, 0.6) is 0 Å². The van der Waals surface area contributed by atoms with Crippen LogP contribution in [0.15, 0.2) is 12.7 Å². The monoisotopic (exact) mass is 145 g/mol. The molecule has 9 heavy (non-hydrogen) atoms. The minimum atomic E-state index is 0.743. The van der Waals surface area contributed by atoms with Gasteiger partial charge >= 0.3 is 0 Å². The summed E-state index contributed by atoms with van der Waals surface area (Å²) >= 11 is 1.69. The van der Waals surface area contributed by atoms with Crippen molar-refractivity contribution in [3.05, 3.63) is 19.1 Å². The van der Waals surface area contributed by atoms with Crippen molar-refractivity contribution < 1.29 is 4.74 Å². The average molecular weight is 145 g/mol. The van der Waals surface area contributed by atoms with E-state index in [2.05, 4.69) is 13.0 Å². The third kappa shape index (κ3) is 8.05. The molecule has 1 nitrogen and oxygen atoms in total. The molecule has 0 aromatic heterocycles. The van der Waals surface area contributed by atoms with Crippen LogP contribution in [0.1, 0.15) is 6.42 Å². The van der Waals surface area contributed by atoms with Gasteiger partial charge in [0.1, 0.15) is 0 Å². The van der Waals surface area contributed by atoms with E-state index in [1.165, 1.54) is 0 Å². The van der Waals surface area contributed by atoms with E-state index in [9.17, 15) is 0 Å². The van der Waals surface area contributed by atoms with Gasteiger partial charge in [-0.3, -0.25) is 0 Å². The topological polar surface area (TPSA) is 9.23 Å². The Bertz CT molecular complexity index is 63.9. The summed E-state index contributed by atoms with van der Waals surface area (Å²) in [5.74, 6) is 0.785. The second-order valence-corrected chi connectivity index (χ2v) is 2.40. The third-order valence-electron chi connectivity index (χ3n) is 0.770. The fourth-order valence-corrected chi connectivity index (χ4v) is 0.664. The van der Waals surface area contributed by atoms with Gasteiger partial charge in [0.25, 0.3) is 0 Å². The highest BCUT2D eigenvalue weighted by Crippen LogP contribution is 1.94. The van der Waals surface area contributed by atoms with E-state index >= 15 is 0 Å². The van der Waals surface area contributed by atoms with Crippen molar-refractivity contribution in [1.82, 2.24) is 0 Å². The number of hydrogen-bond donors (Lipinski definition) is 0. The van der Waals surface area contributed by atoms with E-state index in [0.29, 0.717) is 0 Å². The summed E-state index contributed by atoms with van der Waals surface area (Å²) in [7, 11) is 0. The summed E-state index contributed by atoms with van der Waals surface area (Å²) < 4.78 is 5.14. The summed E-state index contributed by atoms with van der Waals surface area (Å²) in [4.78, 5) is 0.